The van der Waals surface area contributed by atoms with Crippen LogP contribution in [0.5, 0.6) is 0 Å². The second kappa shape index (κ2) is 7.27. The third-order valence-electron chi connectivity index (χ3n) is 4.11. The van der Waals surface area contributed by atoms with Crippen LogP contribution in [0, 0.1) is 0 Å². The van der Waals surface area contributed by atoms with Crippen molar-refractivity contribution in [1.82, 2.24) is 19.4 Å². The van der Waals surface area contributed by atoms with Crippen molar-refractivity contribution in [1.29, 1.82) is 0 Å². The highest BCUT2D eigenvalue weighted by atomic mass is 35.5. The van der Waals surface area contributed by atoms with E-state index < -0.39 is 10.0 Å². The van der Waals surface area contributed by atoms with Gasteiger partial charge in [0, 0.05) is 45.1 Å². The lowest BCUT2D eigenvalue weighted by molar-refractivity contribution is 0.0662. The number of nitrogens with one attached hydrogen (secondary N) is 1. The van der Waals surface area contributed by atoms with Gasteiger partial charge in [-0.25, -0.2) is 8.42 Å². The largest absolute Gasteiger partial charge is 0.381 e. The lowest BCUT2D eigenvalue weighted by Gasteiger charge is -2.30. The molecule has 2 fully saturated rings. The van der Waals surface area contributed by atoms with Gasteiger partial charge in [0.15, 0.2) is 0 Å². The summed E-state index contributed by atoms with van der Waals surface area (Å²) in [4.78, 5) is 0.295. The highest BCUT2D eigenvalue weighted by Gasteiger charge is 2.30. The van der Waals surface area contributed by atoms with Crippen LogP contribution in [0.25, 0.3) is 0 Å². The van der Waals surface area contributed by atoms with Gasteiger partial charge in [0.05, 0.1) is 12.2 Å². The van der Waals surface area contributed by atoms with E-state index in [1.54, 1.807) is 15.2 Å². The maximum Gasteiger partial charge on any atom is 0.246 e. The Hall–Kier alpha value is -0.670. The summed E-state index contributed by atoms with van der Waals surface area (Å²) in [6.45, 7) is 5.12. The van der Waals surface area contributed by atoms with E-state index in [0.29, 0.717) is 37.7 Å². The molecule has 3 rings (SSSR count). The molecule has 0 saturated carbocycles. The summed E-state index contributed by atoms with van der Waals surface area (Å²) in [5, 5.41) is 7.51. The maximum absolute atomic E-state index is 12.6. The van der Waals surface area contributed by atoms with Crippen LogP contribution in [-0.4, -0.2) is 61.4 Å². The molecule has 0 spiro atoms. The molecule has 1 atom stereocenters. The first-order valence-electron chi connectivity index (χ1n) is 7.43. The number of nitrogens with zero attached hydrogens (tertiary/aromatic N) is 3. The van der Waals surface area contributed by atoms with Crippen LogP contribution in [0.2, 0.25) is 0 Å². The monoisotopic (exact) mass is 350 g/mol. The number of piperazine rings is 1. The minimum Gasteiger partial charge on any atom is -0.381 e. The molecule has 3 heterocycles. The van der Waals surface area contributed by atoms with Crippen molar-refractivity contribution in [3.8, 4) is 0 Å². The quantitative estimate of drug-likeness (QED) is 0.865. The first kappa shape index (κ1) is 17.7. The van der Waals surface area contributed by atoms with Crippen LogP contribution < -0.4 is 5.32 Å². The molecule has 1 N–H and O–H groups in total. The number of rotatable bonds is 3. The number of ether oxygens (including phenoxy) is 1. The summed E-state index contributed by atoms with van der Waals surface area (Å²) in [6.07, 6.45) is 4.90. The Kier molecular flexibility index (Phi) is 5.84. The molecule has 126 valence electrons. The third kappa shape index (κ3) is 3.62. The van der Waals surface area contributed by atoms with Crippen LogP contribution >= 0.6 is 12.4 Å². The molecule has 1 unspecified atom stereocenters. The number of sulfonamides is 1. The van der Waals surface area contributed by atoms with Gasteiger partial charge in [-0.05, 0) is 19.8 Å². The van der Waals surface area contributed by atoms with Crippen molar-refractivity contribution in [2.24, 2.45) is 0 Å². The predicted octanol–water partition coefficient (Wildman–Crippen LogP) is 0.639. The van der Waals surface area contributed by atoms with Gasteiger partial charge in [-0.1, -0.05) is 0 Å². The van der Waals surface area contributed by atoms with Crippen LogP contribution in [0.3, 0.4) is 0 Å². The molecule has 2 aliphatic heterocycles. The molecule has 2 aliphatic rings. The molecule has 0 radical (unpaired) electrons. The Morgan fingerprint density at radius 2 is 2.09 bits per heavy atom. The molecule has 1 aromatic heterocycles. The summed E-state index contributed by atoms with van der Waals surface area (Å²) in [5.74, 6) is 0. The first-order valence-corrected chi connectivity index (χ1v) is 8.87. The van der Waals surface area contributed by atoms with Crippen molar-refractivity contribution in [2.75, 3.05) is 32.8 Å². The molecule has 1 aromatic rings. The van der Waals surface area contributed by atoms with E-state index in [-0.39, 0.29) is 24.5 Å². The van der Waals surface area contributed by atoms with E-state index in [4.69, 9.17) is 4.74 Å². The fourth-order valence-corrected chi connectivity index (χ4v) is 4.34. The van der Waals surface area contributed by atoms with Gasteiger partial charge in [-0.15, -0.1) is 12.4 Å². The molecule has 22 heavy (non-hydrogen) atoms. The molecule has 7 nitrogen and oxygen atoms in total. The van der Waals surface area contributed by atoms with Gasteiger partial charge in [0.1, 0.15) is 4.90 Å². The second-order valence-corrected chi connectivity index (χ2v) is 7.66. The molecule has 0 aromatic carbocycles. The molecule has 0 aliphatic carbocycles. The highest BCUT2D eigenvalue weighted by Crippen LogP contribution is 2.23. The number of halogens is 1. The minimum absolute atomic E-state index is 0. The molecule has 0 bridgehead atoms. The van der Waals surface area contributed by atoms with Gasteiger partial charge in [-0.3, -0.25) is 4.68 Å². The van der Waals surface area contributed by atoms with Gasteiger partial charge in [-0.2, -0.15) is 9.40 Å². The molecule has 2 saturated heterocycles. The Morgan fingerprint density at radius 1 is 1.36 bits per heavy atom. The normalized spacial score (nSPS) is 24.9. The van der Waals surface area contributed by atoms with Crippen LogP contribution in [0.4, 0.5) is 0 Å². The summed E-state index contributed by atoms with van der Waals surface area (Å²) in [7, 11) is -3.43. The Balaban J connectivity index is 0.00000176. The fraction of sp³-hybridized carbons (Fsp3) is 0.769. The third-order valence-corrected chi connectivity index (χ3v) is 5.93. The SMILES string of the molecule is CC1CN(S(=O)(=O)c2cnn(C3CCOCC3)c2)CCN1.Cl. The zero-order valence-corrected chi connectivity index (χ0v) is 14.3. The highest BCUT2D eigenvalue weighted by molar-refractivity contribution is 7.89. The lowest BCUT2D eigenvalue weighted by atomic mass is 10.1. The summed E-state index contributed by atoms with van der Waals surface area (Å²) < 4.78 is 33.9. The van der Waals surface area contributed by atoms with Crippen molar-refractivity contribution in [2.45, 2.75) is 36.7 Å². The first-order chi connectivity index (χ1) is 10.1. The van der Waals surface area contributed by atoms with Crippen molar-refractivity contribution in [3.63, 3.8) is 0 Å². The zero-order chi connectivity index (χ0) is 14.9. The van der Waals surface area contributed by atoms with Gasteiger partial charge in [0.2, 0.25) is 10.0 Å². The topological polar surface area (TPSA) is 76.5 Å². The van der Waals surface area contributed by atoms with Crippen molar-refractivity contribution in [3.05, 3.63) is 12.4 Å². The fourth-order valence-electron chi connectivity index (χ4n) is 2.87. The summed E-state index contributed by atoms with van der Waals surface area (Å²) in [5.41, 5.74) is 0. The van der Waals surface area contributed by atoms with E-state index >= 15 is 0 Å². The second-order valence-electron chi connectivity index (χ2n) is 5.72. The van der Waals surface area contributed by atoms with Crippen molar-refractivity contribution >= 4 is 22.4 Å². The minimum atomic E-state index is -3.43. The van der Waals surface area contributed by atoms with Crippen LogP contribution in [-0.2, 0) is 14.8 Å². The smallest absolute Gasteiger partial charge is 0.246 e. The predicted molar refractivity (Wildman–Crippen MR) is 84.8 cm³/mol. The zero-order valence-electron chi connectivity index (χ0n) is 12.6. The van der Waals surface area contributed by atoms with Crippen LogP contribution in [0.1, 0.15) is 25.8 Å². The average Bonchev–Trinajstić information content (AvgIpc) is 2.99. The summed E-state index contributed by atoms with van der Waals surface area (Å²) in [6, 6.07) is 0.420. The van der Waals surface area contributed by atoms with E-state index in [0.717, 1.165) is 12.8 Å². The number of aromatic nitrogens is 2. The van der Waals surface area contributed by atoms with Gasteiger partial charge < -0.3 is 10.1 Å². The Morgan fingerprint density at radius 3 is 2.77 bits per heavy atom. The number of hydrogen-bond acceptors (Lipinski definition) is 5. The van der Waals surface area contributed by atoms with E-state index in [1.165, 1.54) is 6.20 Å². The van der Waals surface area contributed by atoms with E-state index in [9.17, 15) is 8.42 Å². The van der Waals surface area contributed by atoms with Gasteiger partial charge >= 0.3 is 0 Å². The Labute approximate surface area is 137 Å². The van der Waals surface area contributed by atoms with Gasteiger partial charge in [0.25, 0.3) is 0 Å². The van der Waals surface area contributed by atoms with E-state index in [2.05, 4.69) is 10.4 Å². The number of hydrogen-bond donors (Lipinski definition) is 1. The lowest BCUT2D eigenvalue weighted by Crippen LogP contribution is -2.51. The van der Waals surface area contributed by atoms with E-state index in [1.807, 2.05) is 6.92 Å². The standard InChI is InChI=1S/C13H22N4O3S.ClH/c1-11-9-16(5-4-14-11)21(18,19)13-8-15-17(10-13)12-2-6-20-7-3-12;/h8,10-12,14H,2-7,9H2,1H3;1H. The average molecular weight is 351 g/mol. The molecular weight excluding hydrogens is 328 g/mol. The maximum atomic E-state index is 12.6. The summed E-state index contributed by atoms with van der Waals surface area (Å²) >= 11 is 0. The molecule has 9 heteroatoms. The Bertz CT molecular complexity index is 586. The molecule has 0 amide bonds. The van der Waals surface area contributed by atoms with Crippen LogP contribution in [0.15, 0.2) is 17.3 Å². The van der Waals surface area contributed by atoms with Crippen molar-refractivity contribution < 1.29 is 13.2 Å². The molecular formula is C13H23ClN4O3S.